The molecule has 1 N–H and O–H groups in total. The fourth-order valence-electron chi connectivity index (χ4n) is 6.10. The van der Waals surface area contributed by atoms with Gasteiger partial charge < -0.3 is 15.1 Å². The fourth-order valence-corrected chi connectivity index (χ4v) is 6.10. The molecule has 1 spiro atoms. The maximum absolute atomic E-state index is 12.0. The van der Waals surface area contributed by atoms with Crippen molar-refractivity contribution in [3.63, 3.8) is 0 Å². The molecule has 1 unspecified atom stereocenters. The zero-order chi connectivity index (χ0) is 25.5. The second kappa shape index (κ2) is 9.48. The Labute approximate surface area is 214 Å². The average molecular weight is 493 g/mol. The minimum Gasteiger partial charge on any atom is -0.365 e. The van der Waals surface area contributed by atoms with Gasteiger partial charge in [-0.25, -0.2) is 4.98 Å². The molecule has 3 aliphatic rings. The Morgan fingerprint density at radius 1 is 1.22 bits per heavy atom. The van der Waals surface area contributed by atoms with Gasteiger partial charge in [-0.1, -0.05) is 39.5 Å². The molecule has 4 heterocycles. The molecule has 2 saturated heterocycles. The van der Waals surface area contributed by atoms with E-state index in [0.717, 1.165) is 76.6 Å². The van der Waals surface area contributed by atoms with Gasteiger partial charge in [-0.05, 0) is 49.5 Å². The summed E-state index contributed by atoms with van der Waals surface area (Å²) in [5.41, 5.74) is 2.84. The average Bonchev–Trinajstić information content (AvgIpc) is 3.46. The zero-order valence-electron chi connectivity index (χ0n) is 22.2. The fraction of sp³-hybridized carbons (Fsp3) is 0.667. The molecular weight excluding hydrogens is 452 g/mol. The number of amides is 1. The van der Waals surface area contributed by atoms with Crippen molar-refractivity contribution in [2.45, 2.75) is 72.4 Å². The van der Waals surface area contributed by atoms with E-state index in [-0.39, 0.29) is 22.8 Å². The Kier molecular flexibility index (Phi) is 6.51. The predicted molar refractivity (Wildman–Crippen MR) is 141 cm³/mol. The molecule has 0 aromatic carbocycles. The summed E-state index contributed by atoms with van der Waals surface area (Å²) in [6.45, 7) is 17.0. The first-order valence-corrected chi connectivity index (χ1v) is 13.3. The Hall–Kier alpha value is -2.97. The molecule has 1 amide bonds. The van der Waals surface area contributed by atoms with Crippen LogP contribution in [0.15, 0.2) is 25.0 Å². The van der Waals surface area contributed by atoms with Gasteiger partial charge in [0.25, 0.3) is 0 Å². The molecule has 9 nitrogen and oxygen atoms in total. The summed E-state index contributed by atoms with van der Waals surface area (Å²) in [7, 11) is 0. The number of hydrogen-bond donors (Lipinski definition) is 1. The van der Waals surface area contributed by atoms with E-state index < -0.39 is 0 Å². The van der Waals surface area contributed by atoms with Crippen molar-refractivity contribution < 1.29 is 4.79 Å². The molecule has 2 fully saturated rings. The van der Waals surface area contributed by atoms with Gasteiger partial charge in [0.15, 0.2) is 0 Å². The monoisotopic (exact) mass is 492 g/mol. The summed E-state index contributed by atoms with van der Waals surface area (Å²) in [5, 5.41) is 12.0. The molecule has 2 aromatic heterocycles. The largest absolute Gasteiger partial charge is 0.365 e. The third kappa shape index (κ3) is 5.11. The lowest BCUT2D eigenvalue weighted by Gasteiger charge is -2.47. The second-order valence-corrected chi connectivity index (χ2v) is 12.3. The lowest BCUT2D eigenvalue weighted by molar-refractivity contribution is -0.136. The Morgan fingerprint density at radius 3 is 2.72 bits per heavy atom. The number of nitrogens with zero attached hydrogens (tertiary/aromatic N) is 7. The number of anilines is 2. The number of aromatic nitrogens is 5. The summed E-state index contributed by atoms with van der Waals surface area (Å²) in [6, 6.07) is 0.198. The molecule has 1 aliphatic carbocycles. The third-order valence-electron chi connectivity index (χ3n) is 8.01. The third-order valence-corrected chi connectivity index (χ3v) is 8.01. The second-order valence-electron chi connectivity index (χ2n) is 12.3. The van der Waals surface area contributed by atoms with Crippen LogP contribution in [0.25, 0.3) is 0 Å². The maximum Gasteiger partial charge on any atom is 0.245 e. The number of carbonyl (C=O) groups excluding carboxylic acids is 1. The van der Waals surface area contributed by atoms with E-state index in [1.807, 2.05) is 15.8 Å². The summed E-state index contributed by atoms with van der Waals surface area (Å²) in [5.74, 6) is 2.37. The molecule has 0 bridgehead atoms. The van der Waals surface area contributed by atoms with E-state index >= 15 is 0 Å². The van der Waals surface area contributed by atoms with Crippen molar-refractivity contribution in [2.24, 2.45) is 16.7 Å². The lowest BCUT2D eigenvalue weighted by Crippen LogP contribution is -2.59. The van der Waals surface area contributed by atoms with Crippen LogP contribution in [-0.2, 0) is 24.2 Å². The summed E-state index contributed by atoms with van der Waals surface area (Å²) in [6.07, 6.45) is 10.2. The molecule has 1 atom stereocenters. The summed E-state index contributed by atoms with van der Waals surface area (Å²) < 4.78 is 1.90. The van der Waals surface area contributed by atoms with Crippen molar-refractivity contribution in [1.82, 2.24) is 29.9 Å². The Balaban J connectivity index is 1.40. The number of carbonyl (C=O) groups is 1. The molecule has 9 heteroatoms. The van der Waals surface area contributed by atoms with Crippen LogP contribution < -0.4 is 10.2 Å². The standard InChI is InChI=1S/C27H40N8O/c1-6-23(36)34-17-27(18-34)9-11-33(16-27)25-30-22-14-26(4,5)8-7-21(22)24(31-25)29-20(13-19(2)3)15-35-12-10-28-32-35/h6,10,12,19-20H,1,7-9,11,13-18H2,2-5H3,(H,29,30,31). The smallest absolute Gasteiger partial charge is 0.245 e. The minimum absolute atomic E-state index is 0.0291. The van der Waals surface area contributed by atoms with Crippen LogP contribution in [0.5, 0.6) is 0 Å². The van der Waals surface area contributed by atoms with E-state index in [2.05, 4.69) is 54.8 Å². The molecule has 2 aliphatic heterocycles. The Bertz CT molecular complexity index is 1100. The van der Waals surface area contributed by atoms with Crippen LogP contribution in [-0.4, -0.2) is 68.0 Å². The summed E-state index contributed by atoms with van der Waals surface area (Å²) >= 11 is 0. The van der Waals surface area contributed by atoms with E-state index in [9.17, 15) is 4.79 Å². The van der Waals surface area contributed by atoms with E-state index in [4.69, 9.17) is 9.97 Å². The maximum atomic E-state index is 12.0. The quantitative estimate of drug-likeness (QED) is 0.565. The molecule has 194 valence electrons. The highest BCUT2D eigenvalue weighted by Crippen LogP contribution is 2.42. The number of hydrogen-bond acceptors (Lipinski definition) is 7. The van der Waals surface area contributed by atoms with Crippen LogP contribution in [0.2, 0.25) is 0 Å². The van der Waals surface area contributed by atoms with Crippen LogP contribution in [0.3, 0.4) is 0 Å². The topological polar surface area (TPSA) is 92.1 Å². The highest BCUT2D eigenvalue weighted by Gasteiger charge is 2.49. The molecule has 0 radical (unpaired) electrons. The first-order valence-electron chi connectivity index (χ1n) is 13.3. The normalized spacial score (nSPS) is 20.8. The minimum atomic E-state index is 0.0291. The van der Waals surface area contributed by atoms with Crippen molar-refractivity contribution in [3.05, 3.63) is 36.3 Å². The van der Waals surface area contributed by atoms with Crippen LogP contribution in [0.4, 0.5) is 11.8 Å². The molecule has 36 heavy (non-hydrogen) atoms. The van der Waals surface area contributed by atoms with Gasteiger partial charge >= 0.3 is 0 Å². The first kappa shape index (κ1) is 24.7. The lowest BCUT2D eigenvalue weighted by atomic mass is 9.76. The van der Waals surface area contributed by atoms with E-state index in [0.29, 0.717) is 5.92 Å². The highest BCUT2D eigenvalue weighted by molar-refractivity contribution is 5.87. The van der Waals surface area contributed by atoms with Crippen molar-refractivity contribution in [1.29, 1.82) is 0 Å². The van der Waals surface area contributed by atoms with Crippen LogP contribution >= 0.6 is 0 Å². The molecule has 0 saturated carbocycles. The van der Waals surface area contributed by atoms with Gasteiger partial charge in [-0.3, -0.25) is 9.48 Å². The number of rotatable bonds is 8. The van der Waals surface area contributed by atoms with Crippen molar-refractivity contribution >= 4 is 17.7 Å². The van der Waals surface area contributed by atoms with E-state index in [1.165, 1.54) is 17.3 Å². The highest BCUT2D eigenvalue weighted by atomic mass is 16.2. The number of likely N-dealkylation sites (tertiary alicyclic amines) is 1. The van der Waals surface area contributed by atoms with Gasteiger partial charge in [0.2, 0.25) is 11.9 Å². The van der Waals surface area contributed by atoms with Gasteiger partial charge in [0, 0.05) is 49.4 Å². The van der Waals surface area contributed by atoms with Crippen molar-refractivity contribution in [3.8, 4) is 0 Å². The van der Waals surface area contributed by atoms with Crippen LogP contribution in [0.1, 0.15) is 58.2 Å². The molecular formula is C27H40N8O. The van der Waals surface area contributed by atoms with Gasteiger partial charge in [0.05, 0.1) is 18.4 Å². The van der Waals surface area contributed by atoms with Gasteiger partial charge in [-0.15, -0.1) is 5.10 Å². The summed E-state index contributed by atoms with van der Waals surface area (Å²) in [4.78, 5) is 26.5. The van der Waals surface area contributed by atoms with Crippen molar-refractivity contribution in [2.75, 3.05) is 36.4 Å². The van der Waals surface area contributed by atoms with E-state index in [1.54, 1.807) is 6.20 Å². The Morgan fingerprint density at radius 2 is 2.03 bits per heavy atom. The zero-order valence-corrected chi connectivity index (χ0v) is 22.2. The SMILES string of the molecule is C=CC(=O)N1CC2(CCN(c3nc4c(c(NC(CC(C)C)Cn5ccnn5)n3)CCC(C)(C)C4)C2)C1. The number of fused-ring (bicyclic) bond motifs is 1. The van der Waals surface area contributed by atoms with Gasteiger partial charge in [-0.2, -0.15) is 4.98 Å². The van der Waals surface area contributed by atoms with Crippen LogP contribution in [0, 0.1) is 16.7 Å². The number of nitrogens with one attached hydrogen (secondary N) is 1. The predicted octanol–water partition coefficient (Wildman–Crippen LogP) is 3.33. The molecule has 5 rings (SSSR count). The molecule has 2 aromatic rings. The van der Waals surface area contributed by atoms with Gasteiger partial charge in [0.1, 0.15) is 5.82 Å². The first-order chi connectivity index (χ1) is 17.2.